The van der Waals surface area contributed by atoms with Gasteiger partial charge in [-0.2, -0.15) is 0 Å². The van der Waals surface area contributed by atoms with Gasteiger partial charge in [-0.25, -0.2) is 4.39 Å². The third-order valence-corrected chi connectivity index (χ3v) is 3.68. The van der Waals surface area contributed by atoms with Crippen LogP contribution in [0.25, 0.3) is 0 Å². The lowest BCUT2D eigenvalue weighted by molar-refractivity contribution is 0.173. The van der Waals surface area contributed by atoms with E-state index in [0.717, 1.165) is 26.1 Å². The van der Waals surface area contributed by atoms with Gasteiger partial charge in [0.05, 0.1) is 0 Å². The molecule has 3 heteroatoms. The highest BCUT2D eigenvalue weighted by atomic mass is 19.1. The van der Waals surface area contributed by atoms with Gasteiger partial charge < -0.3 is 10.1 Å². The van der Waals surface area contributed by atoms with Gasteiger partial charge in [0.25, 0.3) is 0 Å². The van der Waals surface area contributed by atoms with Crippen molar-refractivity contribution in [3.8, 4) is 0 Å². The molecule has 1 aromatic carbocycles. The molecule has 0 aliphatic rings. The molecule has 0 fully saturated rings. The second kappa shape index (κ2) is 9.09. The number of methoxy groups -OCH3 is 1. The molecular weight excluding hydrogens is 253 g/mol. The van der Waals surface area contributed by atoms with E-state index in [1.54, 1.807) is 19.2 Å². The maximum Gasteiger partial charge on any atom is 0.123 e. The molecule has 0 amide bonds. The molecule has 1 aromatic rings. The number of rotatable bonds is 9. The lowest BCUT2D eigenvalue weighted by atomic mass is 9.85. The van der Waals surface area contributed by atoms with Crippen LogP contribution in [0.5, 0.6) is 0 Å². The van der Waals surface area contributed by atoms with Gasteiger partial charge in [-0.3, -0.25) is 0 Å². The van der Waals surface area contributed by atoms with Crippen LogP contribution in [-0.4, -0.2) is 26.8 Å². The molecule has 0 aliphatic carbocycles. The molecule has 0 bridgehead atoms. The van der Waals surface area contributed by atoms with E-state index in [2.05, 4.69) is 26.1 Å². The Balaban J connectivity index is 2.69. The van der Waals surface area contributed by atoms with Crippen molar-refractivity contribution in [1.82, 2.24) is 5.32 Å². The molecule has 0 spiro atoms. The Morgan fingerprint density at radius 2 is 1.75 bits per heavy atom. The Kier molecular flexibility index (Phi) is 7.78. The highest BCUT2D eigenvalue weighted by Gasteiger charge is 2.19. The molecule has 1 N–H and O–H groups in total. The molecule has 1 rings (SSSR count). The van der Waals surface area contributed by atoms with Gasteiger partial charge in [0.1, 0.15) is 5.82 Å². The number of nitrogens with one attached hydrogen (secondary N) is 1. The van der Waals surface area contributed by atoms with Gasteiger partial charge >= 0.3 is 0 Å². The lowest BCUT2D eigenvalue weighted by Crippen LogP contribution is -2.29. The molecular formula is C17H28FNO. The van der Waals surface area contributed by atoms with E-state index in [0.29, 0.717) is 17.8 Å². The van der Waals surface area contributed by atoms with Crippen LogP contribution < -0.4 is 5.32 Å². The second-order valence-corrected chi connectivity index (χ2v) is 5.97. The van der Waals surface area contributed by atoms with Crippen LogP contribution in [0.2, 0.25) is 0 Å². The van der Waals surface area contributed by atoms with Crippen molar-refractivity contribution >= 4 is 0 Å². The average molecular weight is 281 g/mol. The zero-order valence-electron chi connectivity index (χ0n) is 13.2. The zero-order chi connectivity index (χ0) is 15.0. The normalized spacial score (nSPS) is 14.5. The van der Waals surface area contributed by atoms with Crippen LogP contribution in [0.1, 0.15) is 38.7 Å². The van der Waals surface area contributed by atoms with Crippen LogP contribution in [0.15, 0.2) is 24.3 Å². The number of benzene rings is 1. The minimum absolute atomic E-state index is 0.174. The van der Waals surface area contributed by atoms with E-state index in [1.165, 1.54) is 5.56 Å². The van der Waals surface area contributed by atoms with Crippen LogP contribution in [0.4, 0.5) is 4.39 Å². The maximum absolute atomic E-state index is 13.1. The highest BCUT2D eigenvalue weighted by molar-refractivity contribution is 5.21. The van der Waals surface area contributed by atoms with Gasteiger partial charge in [0.2, 0.25) is 0 Å². The molecule has 0 saturated carbocycles. The average Bonchev–Trinajstić information content (AvgIpc) is 2.42. The summed E-state index contributed by atoms with van der Waals surface area (Å²) in [5.41, 5.74) is 1.20. The fourth-order valence-electron chi connectivity index (χ4n) is 2.39. The molecule has 0 aliphatic heterocycles. The van der Waals surface area contributed by atoms with E-state index >= 15 is 0 Å². The van der Waals surface area contributed by atoms with Gasteiger partial charge in [-0.05, 0) is 48.4 Å². The predicted octanol–water partition coefficient (Wildman–Crippen LogP) is 3.83. The molecule has 0 heterocycles. The number of hydrogen-bond acceptors (Lipinski definition) is 2. The van der Waals surface area contributed by atoms with E-state index in [1.807, 2.05) is 12.1 Å². The largest absolute Gasteiger partial charge is 0.385 e. The van der Waals surface area contributed by atoms with Crippen molar-refractivity contribution in [2.45, 2.75) is 33.1 Å². The third-order valence-electron chi connectivity index (χ3n) is 3.68. The van der Waals surface area contributed by atoms with Crippen LogP contribution >= 0.6 is 0 Å². The minimum atomic E-state index is -0.174. The summed E-state index contributed by atoms with van der Waals surface area (Å²) in [5, 5.41) is 3.52. The fourth-order valence-corrected chi connectivity index (χ4v) is 2.39. The van der Waals surface area contributed by atoms with E-state index in [9.17, 15) is 4.39 Å². The second-order valence-electron chi connectivity index (χ2n) is 5.97. The van der Waals surface area contributed by atoms with Crippen molar-refractivity contribution in [3.05, 3.63) is 35.6 Å². The SMILES string of the molecule is COCCC(C)C(CNCC(C)C)c1ccc(F)cc1. The lowest BCUT2D eigenvalue weighted by Gasteiger charge is -2.25. The number of hydrogen-bond donors (Lipinski definition) is 1. The molecule has 0 aromatic heterocycles. The summed E-state index contributed by atoms with van der Waals surface area (Å²) in [5.74, 6) is 1.36. The van der Waals surface area contributed by atoms with Crippen LogP contribution in [0.3, 0.4) is 0 Å². The molecule has 2 nitrogen and oxygen atoms in total. The summed E-state index contributed by atoms with van der Waals surface area (Å²) >= 11 is 0. The van der Waals surface area contributed by atoms with Crippen LogP contribution in [-0.2, 0) is 4.74 Å². The molecule has 20 heavy (non-hydrogen) atoms. The summed E-state index contributed by atoms with van der Waals surface area (Å²) < 4.78 is 18.3. The maximum atomic E-state index is 13.1. The first-order chi connectivity index (χ1) is 9.54. The van der Waals surface area contributed by atoms with Crippen molar-refractivity contribution in [3.63, 3.8) is 0 Å². The molecule has 2 atom stereocenters. The van der Waals surface area contributed by atoms with E-state index < -0.39 is 0 Å². The molecule has 2 unspecified atom stereocenters. The summed E-state index contributed by atoms with van der Waals surface area (Å²) in [4.78, 5) is 0. The van der Waals surface area contributed by atoms with E-state index in [4.69, 9.17) is 4.74 Å². The fraction of sp³-hybridized carbons (Fsp3) is 0.647. The Hall–Kier alpha value is -0.930. The first-order valence-corrected chi connectivity index (χ1v) is 7.49. The zero-order valence-corrected chi connectivity index (χ0v) is 13.2. The topological polar surface area (TPSA) is 21.3 Å². The standard InChI is InChI=1S/C17H28FNO/c1-13(2)11-19-12-17(14(3)9-10-20-4)15-5-7-16(18)8-6-15/h5-8,13-14,17,19H,9-12H2,1-4H3. The van der Waals surface area contributed by atoms with Crippen molar-refractivity contribution < 1.29 is 9.13 Å². The summed E-state index contributed by atoms with van der Waals surface area (Å²) in [7, 11) is 1.73. The summed E-state index contributed by atoms with van der Waals surface area (Å²) in [6.45, 7) is 9.35. The van der Waals surface area contributed by atoms with Crippen LogP contribution in [0, 0.1) is 17.7 Å². The number of ether oxygens (including phenoxy) is 1. The van der Waals surface area contributed by atoms with Gasteiger partial charge in [0.15, 0.2) is 0 Å². The van der Waals surface area contributed by atoms with Crippen molar-refractivity contribution in [1.29, 1.82) is 0 Å². The highest BCUT2D eigenvalue weighted by Crippen LogP contribution is 2.26. The number of halogens is 1. The Morgan fingerprint density at radius 3 is 2.30 bits per heavy atom. The first kappa shape index (κ1) is 17.1. The Morgan fingerprint density at radius 1 is 1.10 bits per heavy atom. The van der Waals surface area contributed by atoms with Gasteiger partial charge in [-0.1, -0.05) is 32.9 Å². The van der Waals surface area contributed by atoms with Gasteiger partial charge in [0, 0.05) is 20.3 Å². The molecule has 114 valence electrons. The van der Waals surface area contributed by atoms with Crippen molar-refractivity contribution in [2.24, 2.45) is 11.8 Å². The summed E-state index contributed by atoms with van der Waals surface area (Å²) in [6.07, 6.45) is 1.02. The monoisotopic (exact) mass is 281 g/mol. The Labute approximate surface area is 122 Å². The quantitative estimate of drug-likeness (QED) is 0.743. The smallest absolute Gasteiger partial charge is 0.123 e. The molecule has 0 radical (unpaired) electrons. The molecule has 0 saturated heterocycles. The Bertz CT molecular complexity index is 364. The predicted molar refractivity (Wildman–Crippen MR) is 82.5 cm³/mol. The van der Waals surface area contributed by atoms with E-state index in [-0.39, 0.29) is 5.82 Å². The first-order valence-electron chi connectivity index (χ1n) is 7.49. The van der Waals surface area contributed by atoms with Crippen molar-refractivity contribution in [2.75, 3.05) is 26.8 Å². The minimum Gasteiger partial charge on any atom is -0.385 e. The van der Waals surface area contributed by atoms with Gasteiger partial charge in [-0.15, -0.1) is 0 Å². The summed E-state index contributed by atoms with van der Waals surface area (Å²) in [6, 6.07) is 6.91. The third kappa shape index (κ3) is 6.02.